The number of amides is 1. The highest BCUT2D eigenvalue weighted by molar-refractivity contribution is 5.67. The Balaban J connectivity index is 2.19. The summed E-state index contributed by atoms with van der Waals surface area (Å²) in [6.07, 6.45) is -0.441. The summed E-state index contributed by atoms with van der Waals surface area (Å²) in [5, 5.41) is 5.68. The quantitative estimate of drug-likeness (QED) is 0.812. The molecule has 0 saturated carbocycles. The Hall–Kier alpha value is -1.78. The number of alkyl carbamates (subject to hydrolysis) is 1. The van der Waals surface area contributed by atoms with Gasteiger partial charge in [-0.1, -0.05) is 0 Å². The van der Waals surface area contributed by atoms with Crippen LogP contribution >= 0.6 is 0 Å². The molecule has 0 atom stereocenters. The molecular formula is C13H19FN2O2. The molecule has 100 valence electrons. The van der Waals surface area contributed by atoms with Crippen LogP contribution < -0.4 is 10.6 Å². The van der Waals surface area contributed by atoms with Crippen molar-refractivity contribution >= 4 is 11.8 Å². The molecule has 1 aromatic carbocycles. The summed E-state index contributed by atoms with van der Waals surface area (Å²) < 4.78 is 17.7. The highest BCUT2D eigenvalue weighted by Crippen LogP contribution is 2.07. The molecule has 1 rings (SSSR count). The summed E-state index contributed by atoms with van der Waals surface area (Å²) in [6.45, 7) is 6.41. The van der Waals surface area contributed by atoms with E-state index in [0.29, 0.717) is 13.1 Å². The highest BCUT2D eigenvalue weighted by atomic mass is 19.1. The Morgan fingerprint density at radius 2 is 1.83 bits per heavy atom. The van der Waals surface area contributed by atoms with Crippen LogP contribution in [0.15, 0.2) is 24.3 Å². The van der Waals surface area contributed by atoms with Gasteiger partial charge in [0.2, 0.25) is 0 Å². The number of nitrogens with one attached hydrogen (secondary N) is 2. The topological polar surface area (TPSA) is 50.4 Å². The molecule has 0 saturated heterocycles. The maximum absolute atomic E-state index is 12.6. The molecule has 0 fully saturated rings. The van der Waals surface area contributed by atoms with Gasteiger partial charge in [-0.15, -0.1) is 0 Å². The summed E-state index contributed by atoms with van der Waals surface area (Å²) in [4.78, 5) is 11.3. The first kappa shape index (κ1) is 14.3. The lowest BCUT2D eigenvalue weighted by Gasteiger charge is -2.19. The van der Waals surface area contributed by atoms with E-state index in [-0.39, 0.29) is 5.82 Å². The average molecular weight is 254 g/mol. The monoisotopic (exact) mass is 254 g/mol. The first-order valence-corrected chi connectivity index (χ1v) is 5.83. The fraction of sp³-hybridized carbons (Fsp3) is 0.462. The Bertz CT molecular complexity index is 385. The fourth-order valence-electron chi connectivity index (χ4n) is 1.25. The number of anilines is 1. The second kappa shape index (κ2) is 6.23. The second-order valence-electron chi connectivity index (χ2n) is 4.86. The Labute approximate surface area is 107 Å². The molecule has 0 aliphatic heterocycles. The van der Waals surface area contributed by atoms with Gasteiger partial charge in [-0.25, -0.2) is 9.18 Å². The lowest BCUT2D eigenvalue weighted by molar-refractivity contribution is 0.0530. The highest BCUT2D eigenvalue weighted by Gasteiger charge is 2.15. The van der Waals surface area contributed by atoms with Crippen molar-refractivity contribution in [3.8, 4) is 0 Å². The van der Waals surface area contributed by atoms with E-state index in [1.54, 1.807) is 12.1 Å². The Morgan fingerprint density at radius 3 is 2.39 bits per heavy atom. The van der Waals surface area contributed by atoms with Crippen LogP contribution in [-0.4, -0.2) is 24.8 Å². The molecular weight excluding hydrogens is 235 g/mol. The standard InChI is InChI=1S/C13H19FN2O2/c1-13(2,3)18-12(17)16-9-8-15-11-6-4-10(14)5-7-11/h4-7,15H,8-9H2,1-3H3,(H,16,17). The summed E-state index contributed by atoms with van der Waals surface area (Å²) in [6, 6.07) is 6.04. The van der Waals surface area contributed by atoms with E-state index in [2.05, 4.69) is 10.6 Å². The molecule has 0 aromatic heterocycles. The molecule has 2 N–H and O–H groups in total. The first-order valence-electron chi connectivity index (χ1n) is 5.83. The van der Waals surface area contributed by atoms with Crippen LogP contribution in [0.1, 0.15) is 20.8 Å². The molecule has 0 heterocycles. The van der Waals surface area contributed by atoms with Crippen molar-refractivity contribution in [3.05, 3.63) is 30.1 Å². The number of carbonyl (C=O) groups excluding carboxylic acids is 1. The van der Waals surface area contributed by atoms with Gasteiger partial charge in [-0.2, -0.15) is 0 Å². The van der Waals surface area contributed by atoms with Crippen molar-refractivity contribution in [1.29, 1.82) is 0 Å². The zero-order valence-corrected chi connectivity index (χ0v) is 10.9. The van der Waals surface area contributed by atoms with E-state index in [1.165, 1.54) is 12.1 Å². The minimum Gasteiger partial charge on any atom is -0.444 e. The SMILES string of the molecule is CC(C)(C)OC(=O)NCCNc1ccc(F)cc1. The van der Waals surface area contributed by atoms with Gasteiger partial charge in [0.05, 0.1) is 0 Å². The third kappa shape index (κ3) is 6.08. The molecule has 0 aliphatic rings. The Morgan fingerprint density at radius 1 is 1.22 bits per heavy atom. The van der Waals surface area contributed by atoms with Crippen LogP contribution in [0.2, 0.25) is 0 Å². The van der Waals surface area contributed by atoms with Crippen LogP contribution in [0.5, 0.6) is 0 Å². The Kier molecular flexibility index (Phi) is 4.95. The van der Waals surface area contributed by atoms with Gasteiger partial charge >= 0.3 is 6.09 Å². The van der Waals surface area contributed by atoms with Crippen LogP contribution in [0.4, 0.5) is 14.9 Å². The largest absolute Gasteiger partial charge is 0.444 e. The zero-order chi connectivity index (χ0) is 13.6. The average Bonchev–Trinajstić information content (AvgIpc) is 2.24. The minimum atomic E-state index is -0.492. The summed E-state index contributed by atoms with van der Waals surface area (Å²) in [5.41, 5.74) is 0.316. The summed E-state index contributed by atoms with van der Waals surface area (Å²) >= 11 is 0. The van der Waals surface area contributed by atoms with Crippen molar-refractivity contribution in [2.24, 2.45) is 0 Å². The van der Waals surface area contributed by atoms with Gasteiger partial charge in [-0.3, -0.25) is 0 Å². The summed E-state index contributed by atoms with van der Waals surface area (Å²) in [5.74, 6) is -0.271. The van der Waals surface area contributed by atoms with E-state index in [4.69, 9.17) is 4.74 Å². The lowest BCUT2D eigenvalue weighted by Crippen LogP contribution is -2.34. The van der Waals surface area contributed by atoms with E-state index < -0.39 is 11.7 Å². The van der Waals surface area contributed by atoms with Gasteiger partial charge in [0.1, 0.15) is 11.4 Å². The van der Waals surface area contributed by atoms with E-state index >= 15 is 0 Å². The van der Waals surface area contributed by atoms with E-state index in [9.17, 15) is 9.18 Å². The molecule has 0 spiro atoms. The maximum atomic E-state index is 12.6. The predicted molar refractivity (Wildman–Crippen MR) is 69.1 cm³/mol. The number of rotatable bonds is 4. The smallest absolute Gasteiger partial charge is 0.407 e. The zero-order valence-electron chi connectivity index (χ0n) is 10.9. The van der Waals surface area contributed by atoms with Crippen LogP contribution in [0.3, 0.4) is 0 Å². The molecule has 0 radical (unpaired) electrons. The van der Waals surface area contributed by atoms with Crippen molar-refractivity contribution in [2.45, 2.75) is 26.4 Å². The van der Waals surface area contributed by atoms with E-state index in [0.717, 1.165) is 5.69 Å². The lowest BCUT2D eigenvalue weighted by atomic mass is 10.2. The number of hydrogen-bond acceptors (Lipinski definition) is 3. The third-order valence-electron chi connectivity index (χ3n) is 1.97. The van der Waals surface area contributed by atoms with Gasteiger partial charge in [0.25, 0.3) is 0 Å². The number of halogens is 1. The van der Waals surface area contributed by atoms with Crippen molar-refractivity contribution in [1.82, 2.24) is 5.32 Å². The van der Waals surface area contributed by atoms with Gasteiger partial charge in [0.15, 0.2) is 0 Å². The number of hydrogen-bond donors (Lipinski definition) is 2. The van der Waals surface area contributed by atoms with Crippen molar-refractivity contribution < 1.29 is 13.9 Å². The van der Waals surface area contributed by atoms with Crippen molar-refractivity contribution in [2.75, 3.05) is 18.4 Å². The molecule has 0 unspecified atom stereocenters. The second-order valence-corrected chi connectivity index (χ2v) is 4.86. The van der Waals surface area contributed by atoms with E-state index in [1.807, 2.05) is 20.8 Å². The molecule has 4 nitrogen and oxygen atoms in total. The minimum absolute atomic E-state index is 0.271. The fourth-order valence-corrected chi connectivity index (χ4v) is 1.25. The maximum Gasteiger partial charge on any atom is 0.407 e. The van der Waals surface area contributed by atoms with Gasteiger partial charge in [0, 0.05) is 18.8 Å². The molecule has 1 amide bonds. The van der Waals surface area contributed by atoms with Crippen LogP contribution in [0.25, 0.3) is 0 Å². The van der Waals surface area contributed by atoms with Gasteiger partial charge in [-0.05, 0) is 45.0 Å². The summed E-state index contributed by atoms with van der Waals surface area (Å²) in [7, 11) is 0. The van der Waals surface area contributed by atoms with Crippen LogP contribution in [0, 0.1) is 5.82 Å². The van der Waals surface area contributed by atoms with Crippen LogP contribution in [-0.2, 0) is 4.74 Å². The normalized spacial score (nSPS) is 10.9. The number of ether oxygens (including phenoxy) is 1. The number of carbonyl (C=O) groups is 1. The molecule has 1 aromatic rings. The molecule has 0 aliphatic carbocycles. The molecule has 5 heteroatoms. The molecule has 0 bridgehead atoms. The molecule has 18 heavy (non-hydrogen) atoms. The number of benzene rings is 1. The van der Waals surface area contributed by atoms with Gasteiger partial charge < -0.3 is 15.4 Å². The predicted octanol–water partition coefficient (Wildman–Crippen LogP) is 2.76. The third-order valence-corrected chi connectivity index (χ3v) is 1.97. The first-order chi connectivity index (χ1) is 8.37. The van der Waals surface area contributed by atoms with Crippen molar-refractivity contribution in [3.63, 3.8) is 0 Å².